The molecular weight excluding hydrogens is 442 g/mol. The number of amides is 1. The molecule has 0 aliphatic carbocycles. The molecule has 0 fully saturated rings. The van der Waals surface area contributed by atoms with Crippen LogP contribution in [-0.4, -0.2) is 63.1 Å². The number of hydrogen-bond donors (Lipinski definition) is 1. The van der Waals surface area contributed by atoms with E-state index >= 15 is 0 Å². The minimum absolute atomic E-state index is 0.0375. The zero-order chi connectivity index (χ0) is 24.2. The second-order valence-corrected chi connectivity index (χ2v) is 6.78. The fourth-order valence-corrected chi connectivity index (χ4v) is 2.84. The Morgan fingerprint density at radius 1 is 1.09 bits per heavy atom. The molecule has 3 aromatic rings. The van der Waals surface area contributed by atoms with Gasteiger partial charge in [0.2, 0.25) is 5.82 Å². The first-order chi connectivity index (χ1) is 16.6. The van der Waals surface area contributed by atoms with E-state index in [-0.39, 0.29) is 13.2 Å². The van der Waals surface area contributed by atoms with Crippen LogP contribution in [0.5, 0.6) is 0 Å². The molecule has 12 nitrogen and oxygen atoms in total. The number of pyridine rings is 1. The second-order valence-electron chi connectivity index (χ2n) is 6.78. The Morgan fingerprint density at radius 3 is 2.53 bits per heavy atom. The van der Waals surface area contributed by atoms with Crippen molar-refractivity contribution in [3.05, 3.63) is 65.6 Å². The highest BCUT2D eigenvalue weighted by Crippen LogP contribution is 2.11. The van der Waals surface area contributed by atoms with Crippen LogP contribution in [0.1, 0.15) is 30.9 Å². The van der Waals surface area contributed by atoms with Crippen LogP contribution in [0.3, 0.4) is 0 Å². The van der Waals surface area contributed by atoms with Crippen molar-refractivity contribution >= 4 is 17.6 Å². The molecule has 180 valence electrons. The fourth-order valence-electron chi connectivity index (χ4n) is 2.84. The topological polar surface area (TPSA) is 135 Å². The lowest BCUT2D eigenvalue weighted by atomic mass is 10.1. The Balaban J connectivity index is 1.61. The molecular formula is C22H27N7O5. The van der Waals surface area contributed by atoms with Crippen molar-refractivity contribution in [3.63, 3.8) is 0 Å². The van der Waals surface area contributed by atoms with Crippen LogP contribution in [0.15, 0.2) is 53.7 Å². The lowest BCUT2D eigenvalue weighted by Crippen LogP contribution is -2.27. The minimum Gasteiger partial charge on any atom is -0.444 e. The summed E-state index contributed by atoms with van der Waals surface area (Å²) in [5.74, 6) is 0.759. The molecule has 34 heavy (non-hydrogen) atoms. The number of oxime groups is 1. The lowest BCUT2D eigenvalue weighted by Gasteiger charge is -2.16. The van der Waals surface area contributed by atoms with Gasteiger partial charge in [-0.2, -0.15) is 0 Å². The van der Waals surface area contributed by atoms with E-state index in [2.05, 4.69) is 31.0 Å². The van der Waals surface area contributed by atoms with Crippen molar-refractivity contribution in [2.24, 2.45) is 12.2 Å². The van der Waals surface area contributed by atoms with Crippen molar-refractivity contribution in [1.82, 2.24) is 25.2 Å². The summed E-state index contributed by atoms with van der Waals surface area (Å²) in [7, 11) is 1.72. The number of benzene rings is 1. The van der Waals surface area contributed by atoms with Gasteiger partial charge in [-0.05, 0) is 36.4 Å². The van der Waals surface area contributed by atoms with Crippen LogP contribution in [0.2, 0.25) is 0 Å². The number of ether oxygens (including phenoxy) is 3. The van der Waals surface area contributed by atoms with Crippen molar-refractivity contribution in [3.8, 4) is 0 Å². The van der Waals surface area contributed by atoms with E-state index in [9.17, 15) is 4.79 Å². The quantitative estimate of drug-likeness (QED) is 0.241. The van der Waals surface area contributed by atoms with Crippen molar-refractivity contribution < 1.29 is 23.8 Å². The van der Waals surface area contributed by atoms with Crippen molar-refractivity contribution in [2.45, 2.75) is 26.7 Å². The molecule has 3 rings (SSSR count). The highest BCUT2D eigenvalue weighted by atomic mass is 16.7. The summed E-state index contributed by atoms with van der Waals surface area (Å²) in [4.78, 5) is 22.0. The minimum atomic E-state index is -0.672. The van der Waals surface area contributed by atoms with E-state index in [4.69, 9.17) is 19.0 Å². The number of nitrogens with zero attached hydrogens (tertiary/aromatic N) is 6. The first kappa shape index (κ1) is 24.7. The highest BCUT2D eigenvalue weighted by molar-refractivity contribution is 6.10. The van der Waals surface area contributed by atoms with Gasteiger partial charge in [0, 0.05) is 25.8 Å². The largest absolute Gasteiger partial charge is 0.444 e. The molecule has 1 aromatic carbocycles. The van der Waals surface area contributed by atoms with E-state index in [1.54, 1.807) is 25.2 Å². The van der Waals surface area contributed by atoms with Gasteiger partial charge in [0.05, 0.1) is 5.69 Å². The first-order valence-electron chi connectivity index (χ1n) is 10.7. The van der Waals surface area contributed by atoms with Gasteiger partial charge in [0.25, 0.3) is 0 Å². The number of hydrogen-bond acceptors (Lipinski definition) is 10. The molecule has 0 unspecified atom stereocenters. The Bertz CT molecular complexity index is 1070. The van der Waals surface area contributed by atoms with Crippen LogP contribution in [-0.2, 0) is 32.7 Å². The second kappa shape index (κ2) is 13.0. The van der Waals surface area contributed by atoms with E-state index < -0.39 is 12.4 Å². The van der Waals surface area contributed by atoms with Crippen LogP contribution >= 0.6 is 0 Å². The predicted molar refractivity (Wildman–Crippen MR) is 122 cm³/mol. The lowest BCUT2D eigenvalue weighted by molar-refractivity contribution is -0.156. The average molecular weight is 470 g/mol. The van der Waals surface area contributed by atoms with E-state index in [0.717, 1.165) is 5.56 Å². The Labute approximate surface area is 196 Å². The number of rotatable bonds is 12. The Morgan fingerprint density at radius 2 is 1.85 bits per heavy atom. The third-order valence-corrected chi connectivity index (χ3v) is 4.34. The van der Waals surface area contributed by atoms with Gasteiger partial charge in [0.15, 0.2) is 18.6 Å². The van der Waals surface area contributed by atoms with Crippen molar-refractivity contribution in [1.29, 1.82) is 0 Å². The molecule has 0 radical (unpaired) electrons. The smallest absolute Gasteiger partial charge is 0.412 e. The number of carbonyl (C=O) groups is 1. The van der Waals surface area contributed by atoms with Crippen LogP contribution in [0, 0.1) is 0 Å². The molecule has 1 amide bonds. The van der Waals surface area contributed by atoms with Crippen LogP contribution < -0.4 is 5.32 Å². The Kier molecular flexibility index (Phi) is 9.43. The third-order valence-electron chi connectivity index (χ3n) is 4.34. The van der Waals surface area contributed by atoms with Gasteiger partial charge in [-0.15, -0.1) is 5.10 Å². The molecule has 12 heteroatoms. The van der Waals surface area contributed by atoms with E-state index in [1.165, 1.54) is 4.68 Å². The molecule has 2 aromatic heterocycles. The third kappa shape index (κ3) is 7.32. The molecule has 0 saturated heterocycles. The summed E-state index contributed by atoms with van der Waals surface area (Å²) in [5.41, 5.74) is 1.82. The molecule has 0 bridgehead atoms. The molecule has 0 spiro atoms. The zero-order valence-electron chi connectivity index (χ0n) is 19.2. The van der Waals surface area contributed by atoms with E-state index in [1.807, 2.05) is 44.2 Å². The van der Waals surface area contributed by atoms with Crippen LogP contribution in [0.25, 0.3) is 0 Å². The van der Waals surface area contributed by atoms with Crippen molar-refractivity contribution in [2.75, 3.05) is 25.1 Å². The zero-order valence-corrected chi connectivity index (χ0v) is 19.2. The molecule has 0 saturated carbocycles. The maximum Gasteiger partial charge on any atom is 0.412 e. The molecule has 1 N–H and O–H groups in total. The fraction of sp³-hybridized carbons (Fsp3) is 0.364. The standard InChI is InChI=1S/C22H27N7O5/c1-4-31-19(32-5-2)15-33-22(30)24-18-13-9-12-17(23-18)14-34-26-20(16-10-7-6-8-11-16)21-25-27-28-29(21)3/h6-13,19H,4-5,14-15H2,1-3H3,(H,23,24,30)/b26-20-. The van der Waals surface area contributed by atoms with Gasteiger partial charge < -0.3 is 19.0 Å². The number of anilines is 1. The molecule has 0 aliphatic rings. The van der Waals surface area contributed by atoms with Gasteiger partial charge in [-0.1, -0.05) is 41.6 Å². The summed E-state index contributed by atoms with van der Waals surface area (Å²) in [6.07, 6.45) is -1.29. The van der Waals surface area contributed by atoms with Gasteiger partial charge in [0.1, 0.15) is 12.4 Å². The van der Waals surface area contributed by atoms with Gasteiger partial charge in [-0.3, -0.25) is 5.32 Å². The monoisotopic (exact) mass is 469 g/mol. The van der Waals surface area contributed by atoms with E-state index in [0.29, 0.717) is 36.3 Å². The predicted octanol–water partition coefficient (Wildman–Crippen LogP) is 2.52. The van der Waals surface area contributed by atoms with Crippen LogP contribution in [0.4, 0.5) is 10.6 Å². The average Bonchev–Trinajstić information content (AvgIpc) is 3.27. The Hall–Kier alpha value is -3.90. The summed E-state index contributed by atoms with van der Waals surface area (Å²) < 4.78 is 17.4. The number of aryl methyl sites for hydroxylation is 1. The molecule has 0 aliphatic heterocycles. The summed E-state index contributed by atoms with van der Waals surface area (Å²) >= 11 is 0. The number of tetrazole rings is 1. The maximum atomic E-state index is 12.1. The summed E-state index contributed by atoms with van der Waals surface area (Å²) in [6, 6.07) is 14.6. The van der Waals surface area contributed by atoms with Gasteiger partial charge >= 0.3 is 6.09 Å². The molecule has 2 heterocycles. The normalized spacial score (nSPS) is 11.5. The summed E-state index contributed by atoms with van der Waals surface area (Å²) in [5, 5.41) is 18.3. The number of nitrogens with one attached hydrogen (secondary N) is 1. The number of carbonyl (C=O) groups excluding carboxylic acids is 1. The number of aromatic nitrogens is 5. The highest BCUT2D eigenvalue weighted by Gasteiger charge is 2.15. The van der Waals surface area contributed by atoms with Gasteiger partial charge in [-0.25, -0.2) is 14.5 Å². The first-order valence-corrected chi connectivity index (χ1v) is 10.7. The SMILES string of the molecule is CCOC(COC(=O)Nc1cccc(CO/N=C(/c2ccccc2)c2nnnn2C)n1)OCC. The maximum absolute atomic E-state index is 12.1. The summed E-state index contributed by atoms with van der Waals surface area (Å²) in [6.45, 7) is 4.58. The molecule has 0 atom stereocenters.